The van der Waals surface area contributed by atoms with Gasteiger partial charge < -0.3 is 15.2 Å². The van der Waals surface area contributed by atoms with E-state index in [9.17, 15) is 28.8 Å². The zero-order valence-electron chi connectivity index (χ0n) is 17.9. The SMILES string of the molecule is O=C(O)CCNC(=O)CCCCCOc1cccc2c1C(=O)N(C1CCC(=O)NC1=O)C2=O. The Morgan fingerprint density at radius 2 is 1.88 bits per heavy atom. The van der Waals surface area contributed by atoms with Crippen LogP contribution in [-0.4, -0.2) is 64.7 Å². The molecule has 0 aromatic heterocycles. The predicted octanol–water partition coefficient (Wildman–Crippen LogP) is 0.618. The summed E-state index contributed by atoms with van der Waals surface area (Å²) in [6.07, 6.45) is 2.15. The van der Waals surface area contributed by atoms with Crippen LogP contribution in [-0.2, 0) is 19.2 Å². The molecule has 3 N–H and O–H groups in total. The molecule has 176 valence electrons. The number of hydrogen-bond acceptors (Lipinski definition) is 7. The molecule has 2 aliphatic heterocycles. The van der Waals surface area contributed by atoms with E-state index in [2.05, 4.69) is 10.6 Å². The summed E-state index contributed by atoms with van der Waals surface area (Å²) in [7, 11) is 0. The number of rotatable bonds is 11. The number of ether oxygens (including phenoxy) is 1. The summed E-state index contributed by atoms with van der Waals surface area (Å²) >= 11 is 0. The molecular weight excluding hydrogens is 434 g/mol. The molecule has 33 heavy (non-hydrogen) atoms. The number of unbranched alkanes of at least 4 members (excludes halogenated alkanes) is 2. The molecule has 1 aromatic rings. The van der Waals surface area contributed by atoms with Crippen molar-refractivity contribution in [3.63, 3.8) is 0 Å². The third-order valence-corrected chi connectivity index (χ3v) is 5.40. The lowest BCUT2D eigenvalue weighted by atomic mass is 10.0. The Morgan fingerprint density at radius 3 is 2.61 bits per heavy atom. The first-order valence-corrected chi connectivity index (χ1v) is 10.8. The van der Waals surface area contributed by atoms with Crippen LogP contribution in [0.25, 0.3) is 0 Å². The number of nitrogens with zero attached hydrogens (tertiary/aromatic N) is 1. The summed E-state index contributed by atoms with van der Waals surface area (Å²) in [5.41, 5.74) is 0.255. The van der Waals surface area contributed by atoms with Crippen molar-refractivity contribution in [1.29, 1.82) is 0 Å². The number of hydrogen-bond donors (Lipinski definition) is 3. The van der Waals surface area contributed by atoms with Crippen LogP contribution in [0.2, 0.25) is 0 Å². The summed E-state index contributed by atoms with van der Waals surface area (Å²) in [5, 5.41) is 13.2. The van der Waals surface area contributed by atoms with Crippen molar-refractivity contribution < 1.29 is 38.6 Å². The smallest absolute Gasteiger partial charge is 0.305 e. The van der Waals surface area contributed by atoms with Gasteiger partial charge >= 0.3 is 5.97 Å². The van der Waals surface area contributed by atoms with Crippen molar-refractivity contribution in [3.05, 3.63) is 29.3 Å². The van der Waals surface area contributed by atoms with E-state index in [1.165, 1.54) is 6.07 Å². The monoisotopic (exact) mass is 459 g/mol. The van der Waals surface area contributed by atoms with Gasteiger partial charge in [-0.15, -0.1) is 0 Å². The fourth-order valence-corrected chi connectivity index (χ4v) is 3.75. The molecule has 0 bridgehead atoms. The highest BCUT2D eigenvalue weighted by atomic mass is 16.5. The minimum absolute atomic E-state index is 0.0464. The van der Waals surface area contributed by atoms with Crippen LogP contribution in [0.3, 0.4) is 0 Å². The number of piperidine rings is 1. The molecule has 0 aliphatic carbocycles. The van der Waals surface area contributed by atoms with Crippen LogP contribution in [0.4, 0.5) is 0 Å². The number of amides is 5. The summed E-state index contributed by atoms with van der Waals surface area (Å²) < 4.78 is 5.73. The van der Waals surface area contributed by atoms with Gasteiger partial charge in [0.1, 0.15) is 11.8 Å². The number of carbonyl (C=O) groups excluding carboxylic acids is 5. The molecule has 2 heterocycles. The van der Waals surface area contributed by atoms with Gasteiger partial charge in [-0.3, -0.25) is 39.0 Å². The molecule has 0 radical (unpaired) electrons. The second kappa shape index (κ2) is 10.7. The maximum absolute atomic E-state index is 13.0. The van der Waals surface area contributed by atoms with Crippen molar-refractivity contribution in [3.8, 4) is 5.75 Å². The summed E-state index contributed by atoms with van der Waals surface area (Å²) in [4.78, 5) is 72.3. The van der Waals surface area contributed by atoms with Gasteiger partial charge in [-0.1, -0.05) is 6.07 Å². The molecule has 3 rings (SSSR count). The van der Waals surface area contributed by atoms with Crippen LogP contribution in [0.5, 0.6) is 5.75 Å². The van der Waals surface area contributed by atoms with Gasteiger partial charge in [0.15, 0.2) is 0 Å². The van der Waals surface area contributed by atoms with Gasteiger partial charge in [0, 0.05) is 19.4 Å². The third kappa shape index (κ3) is 5.73. The lowest BCUT2D eigenvalue weighted by molar-refractivity contribution is -0.138. The fourth-order valence-electron chi connectivity index (χ4n) is 3.75. The van der Waals surface area contributed by atoms with E-state index < -0.39 is 35.6 Å². The molecule has 5 amide bonds. The van der Waals surface area contributed by atoms with Crippen LogP contribution in [0.15, 0.2) is 18.2 Å². The largest absolute Gasteiger partial charge is 0.493 e. The molecule has 1 fully saturated rings. The standard InChI is InChI=1S/C22H25N3O8/c26-16(23-11-10-18(28)29)7-2-1-3-12-33-15-6-4-5-13-19(15)22(32)25(21(13)31)14-8-9-17(27)24-20(14)30/h4-6,14H,1-3,7-12H2,(H,23,26)(H,28,29)(H,24,27,30). The Hall–Kier alpha value is -3.76. The maximum Gasteiger partial charge on any atom is 0.305 e. The van der Waals surface area contributed by atoms with Crippen molar-refractivity contribution in [2.75, 3.05) is 13.2 Å². The van der Waals surface area contributed by atoms with Crippen molar-refractivity contribution in [2.45, 2.75) is 51.0 Å². The van der Waals surface area contributed by atoms with E-state index in [0.29, 0.717) is 19.3 Å². The van der Waals surface area contributed by atoms with E-state index in [4.69, 9.17) is 9.84 Å². The average molecular weight is 459 g/mol. The lowest BCUT2D eigenvalue weighted by Crippen LogP contribution is -2.54. The summed E-state index contributed by atoms with van der Waals surface area (Å²) in [6.45, 7) is 0.357. The molecule has 1 atom stereocenters. The van der Waals surface area contributed by atoms with E-state index in [-0.39, 0.29) is 61.6 Å². The molecule has 0 saturated carbocycles. The second-order valence-electron chi connectivity index (χ2n) is 7.78. The minimum Gasteiger partial charge on any atom is -0.493 e. The lowest BCUT2D eigenvalue weighted by Gasteiger charge is -2.27. The Morgan fingerprint density at radius 1 is 1.09 bits per heavy atom. The first-order chi connectivity index (χ1) is 15.8. The highest BCUT2D eigenvalue weighted by Crippen LogP contribution is 2.33. The predicted molar refractivity (Wildman–Crippen MR) is 112 cm³/mol. The van der Waals surface area contributed by atoms with Gasteiger partial charge in [0.05, 0.1) is 24.2 Å². The average Bonchev–Trinajstić information content (AvgIpc) is 3.01. The van der Waals surface area contributed by atoms with Gasteiger partial charge in [-0.05, 0) is 37.8 Å². The topological polar surface area (TPSA) is 159 Å². The first-order valence-electron chi connectivity index (χ1n) is 10.8. The number of benzene rings is 1. The highest BCUT2D eigenvalue weighted by Gasteiger charge is 2.45. The zero-order chi connectivity index (χ0) is 24.0. The van der Waals surface area contributed by atoms with Crippen molar-refractivity contribution in [1.82, 2.24) is 15.5 Å². The van der Waals surface area contributed by atoms with Crippen LogP contribution in [0.1, 0.15) is 65.7 Å². The van der Waals surface area contributed by atoms with Crippen LogP contribution < -0.4 is 15.4 Å². The Balaban J connectivity index is 1.50. The second-order valence-corrected chi connectivity index (χ2v) is 7.78. The Labute approximate surface area is 189 Å². The van der Waals surface area contributed by atoms with Gasteiger partial charge in [-0.25, -0.2) is 0 Å². The van der Waals surface area contributed by atoms with Gasteiger partial charge in [0.2, 0.25) is 17.7 Å². The first kappa shape index (κ1) is 23.9. The normalized spacial score (nSPS) is 17.6. The zero-order valence-corrected chi connectivity index (χ0v) is 17.9. The number of carboxylic acid groups (broad SMARTS) is 1. The molecule has 11 heteroatoms. The number of carbonyl (C=O) groups is 6. The Bertz CT molecular complexity index is 990. The number of aliphatic carboxylic acids is 1. The molecular formula is C22H25N3O8. The van der Waals surface area contributed by atoms with Crippen LogP contribution in [0, 0.1) is 0 Å². The van der Waals surface area contributed by atoms with Crippen LogP contribution >= 0.6 is 0 Å². The number of fused-ring (bicyclic) bond motifs is 1. The van der Waals surface area contributed by atoms with Crippen molar-refractivity contribution in [2.24, 2.45) is 0 Å². The van der Waals surface area contributed by atoms with Gasteiger partial charge in [-0.2, -0.15) is 0 Å². The minimum atomic E-state index is -1.04. The maximum atomic E-state index is 13.0. The summed E-state index contributed by atoms with van der Waals surface area (Å²) in [5.74, 6) is -3.27. The van der Waals surface area contributed by atoms with E-state index in [0.717, 1.165) is 4.90 Å². The number of imide groups is 2. The number of nitrogens with one attached hydrogen (secondary N) is 2. The molecule has 1 aromatic carbocycles. The molecule has 11 nitrogen and oxygen atoms in total. The van der Waals surface area contributed by atoms with Crippen molar-refractivity contribution >= 4 is 35.5 Å². The molecule has 2 aliphatic rings. The fraction of sp³-hybridized carbons (Fsp3) is 0.455. The quantitative estimate of drug-likeness (QED) is 0.321. The molecule has 1 unspecified atom stereocenters. The number of carboxylic acids is 1. The summed E-state index contributed by atoms with van der Waals surface area (Å²) in [6, 6.07) is 3.63. The highest BCUT2D eigenvalue weighted by molar-refractivity contribution is 6.24. The van der Waals surface area contributed by atoms with E-state index in [1.807, 2.05) is 0 Å². The Kier molecular flexibility index (Phi) is 7.75. The van der Waals surface area contributed by atoms with E-state index >= 15 is 0 Å². The molecule has 0 spiro atoms. The third-order valence-electron chi connectivity index (χ3n) is 5.40. The molecule has 1 saturated heterocycles. The van der Waals surface area contributed by atoms with Gasteiger partial charge in [0.25, 0.3) is 11.8 Å². The van der Waals surface area contributed by atoms with E-state index in [1.54, 1.807) is 12.1 Å².